The molecule has 0 radical (unpaired) electrons. The van der Waals surface area contributed by atoms with Crippen molar-refractivity contribution in [2.24, 2.45) is 5.92 Å². The van der Waals surface area contributed by atoms with Crippen LogP contribution in [0.1, 0.15) is 49.0 Å². The van der Waals surface area contributed by atoms with Crippen molar-refractivity contribution < 1.29 is 19.0 Å². The Morgan fingerprint density at radius 2 is 2.15 bits per heavy atom. The first-order valence-corrected chi connectivity index (χ1v) is 6.77. The van der Waals surface area contributed by atoms with Gasteiger partial charge in [-0.2, -0.15) is 0 Å². The highest BCUT2D eigenvalue weighted by Crippen LogP contribution is 2.41. The van der Waals surface area contributed by atoms with E-state index in [-0.39, 0.29) is 5.56 Å². The minimum Gasteiger partial charge on any atom is -0.496 e. The van der Waals surface area contributed by atoms with Crippen molar-refractivity contribution in [1.29, 1.82) is 0 Å². The molecule has 20 heavy (non-hydrogen) atoms. The zero-order valence-electron chi connectivity index (χ0n) is 12.0. The minimum absolute atomic E-state index is 0.306. The van der Waals surface area contributed by atoms with Crippen LogP contribution in [0.5, 0.6) is 5.75 Å². The predicted octanol–water partition coefficient (Wildman–Crippen LogP) is 4.13. The molecule has 4 heteroatoms. The second-order valence-corrected chi connectivity index (χ2v) is 5.26. The molecule has 0 fully saturated rings. The number of ether oxygens (including phenoxy) is 1. The molecule has 0 amide bonds. The van der Waals surface area contributed by atoms with E-state index in [1.807, 2.05) is 6.92 Å². The molecule has 3 nitrogen and oxygen atoms in total. The number of methoxy groups -OCH3 is 1. The summed E-state index contributed by atoms with van der Waals surface area (Å²) in [6.45, 7) is 4.10. The van der Waals surface area contributed by atoms with E-state index in [9.17, 15) is 9.18 Å². The van der Waals surface area contributed by atoms with Crippen LogP contribution in [-0.2, 0) is 0 Å². The van der Waals surface area contributed by atoms with E-state index in [1.54, 1.807) is 0 Å². The Kier molecular flexibility index (Phi) is 4.12. The van der Waals surface area contributed by atoms with Gasteiger partial charge in [0.05, 0.1) is 18.2 Å². The van der Waals surface area contributed by atoms with Crippen molar-refractivity contribution in [3.63, 3.8) is 0 Å². The topological polar surface area (TPSA) is 46.5 Å². The molecular weight excluding hydrogens is 259 g/mol. The van der Waals surface area contributed by atoms with Crippen molar-refractivity contribution in [2.75, 3.05) is 7.11 Å². The van der Waals surface area contributed by atoms with Crippen molar-refractivity contribution in [3.8, 4) is 5.75 Å². The molecule has 1 aliphatic rings. The maximum atomic E-state index is 14.6. The number of carboxylic acid groups (broad SMARTS) is 1. The average Bonchev–Trinajstić information content (AvgIpc) is 2.41. The molecular formula is C16H19FO3. The summed E-state index contributed by atoms with van der Waals surface area (Å²) in [4.78, 5) is 11.1. The lowest BCUT2D eigenvalue weighted by Gasteiger charge is -2.25. The zero-order valence-corrected chi connectivity index (χ0v) is 12.0. The van der Waals surface area contributed by atoms with Crippen LogP contribution in [0, 0.1) is 11.7 Å². The van der Waals surface area contributed by atoms with E-state index >= 15 is 0 Å². The van der Waals surface area contributed by atoms with Gasteiger partial charge in [-0.1, -0.05) is 12.5 Å². The fraction of sp³-hybridized carbons (Fsp3) is 0.438. The molecule has 0 saturated carbocycles. The van der Waals surface area contributed by atoms with Crippen LogP contribution in [0.2, 0.25) is 0 Å². The third-order valence-electron chi connectivity index (χ3n) is 4.13. The van der Waals surface area contributed by atoms with Crippen LogP contribution in [-0.4, -0.2) is 18.2 Å². The first kappa shape index (κ1) is 14.6. The van der Waals surface area contributed by atoms with E-state index < -0.39 is 11.8 Å². The van der Waals surface area contributed by atoms with Crippen molar-refractivity contribution in [2.45, 2.75) is 33.1 Å². The molecule has 2 rings (SSSR count). The number of halogens is 1. The monoisotopic (exact) mass is 278 g/mol. The van der Waals surface area contributed by atoms with Crippen molar-refractivity contribution >= 4 is 11.5 Å². The molecule has 1 aliphatic carbocycles. The summed E-state index contributed by atoms with van der Waals surface area (Å²) >= 11 is 0. The van der Waals surface area contributed by atoms with E-state index in [0.717, 1.165) is 30.4 Å². The van der Waals surface area contributed by atoms with Crippen molar-refractivity contribution in [1.82, 2.24) is 0 Å². The number of benzene rings is 1. The number of carbonyl (C=O) groups is 1. The molecule has 108 valence electrons. The molecule has 0 aliphatic heterocycles. The third kappa shape index (κ3) is 2.42. The van der Waals surface area contributed by atoms with Gasteiger partial charge < -0.3 is 9.84 Å². The van der Waals surface area contributed by atoms with E-state index in [1.165, 1.54) is 19.2 Å². The van der Waals surface area contributed by atoms with Gasteiger partial charge in [0, 0.05) is 0 Å². The van der Waals surface area contributed by atoms with E-state index in [0.29, 0.717) is 17.2 Å². The molecule has 0 saturated heterocycles. The van der Waals surface area contributed by atoms with Crippen LogP contribution in [0.15, 0.2) is 17.7 Å². The SMILES string of the molecule is COc1ccc(C(=O)O)c(F)c1C1=C(C)C(C)CCC1. The van der Waals surface area contributed by atoms with E-state index in [2.05, 4.69) is 6.92 Å². The molecule has 0 spiro atoms. The van der Waals surface area contributed by atoms with Gasteiger partial charge in [-0.15, -0.1) is 0 Å². The molecule has 1 atom stereocenters. The number of allylic oxidation sites excluding steroid dienone is 2. The maximum absolute atomic E-state index is 14.6. The van der Waals surface area contributed by atoms with E-state index in [4.69, 9.17) is 9.84 Å². The van der Waals surface area contributed by atoms with Crippen LogP contribution in [0.3, 0.4) is 0 Å². The fourth-order valence-electron chi connectivity index (χ4n) is 2.79. The Hall–Kier alpha value is -1.84. The number of aromatic carboxylic acids is 1. The van der Waals surface area contributed by atoms with Gasteiger partial charge in [-0.3, -0.25) is 0 Å². The standard InChI is InChI=1S/C16H19FO3/c1-9-5-4-6-11(10(9)2)14-13(20-3)8-7-12(15(14)17)16(18)19/h7-9H,4-6H2,1-3H3,(H,18,19). The second-order valence-electron chi connectivity index (χ2n) is 5.26. The third-order valence-corrected chi connectivity index (χ3v) is 4.13. The van der Waals surface area contributed by atoms with Gasteiger partial charge in [-0.25, -0.2) is 9.18 Å². The average molecular weight is 278 g/mol. The summed E-state index contributed by atoms with van der Waals surface area (Å²) in [7, 11) is 1.47. The summed E-state index contributed by atoms with van der Waals surface area (Å²) in [5, 5.41) is 9.07. The normalized spacial score (nSPS) is 19.1. The Balaban J connectivity index is 2.68. The molecule has 1 aromatic rings. The Morgan fingerprint density at radius 1 is 1.45 bits per heavy atom. The quantitative estimate of drug-likeness (QED) is 0.904. The smallest absolute Gasteiger partial charge is 0.338 e. The Bertz CT molecular complexity index is 575. The summed E-state index contributed by atoms with van der Waals surface area (Å²) < 4.78 is 19.8. The Labute approximate surface area is 118 Å². The molecule has 0 aromatic heterocycles. The first-order chi connectivity index (χ1) is 9.47. The molecule has 1 aromatic carbocycles. The van der Waals surface area contributed by atoms with Crippen LogP contribution in [0.4, 0.5) is 4.39 Å². The van der Waals surface area contributed by atoms with Gasteiger partial charge in [0.1, 0.15) is 11.6 Å². The molecule has 0 heterocycles. The van der Waals surface area contributed by atoms with Gasteiger partial charge in [0.25, 0.3) is 0 Å². The number of hydrogen-bond acceptors (Lipinski definition) is 2. The largest absolute Gasteiger partial charge is 0.496 e. The number of carboxylic acids is 1. The van der Waals surface area contributed by atoms with Gasteiger partial charge >= 0.3 is 5.97 Å². The highest BCUT2D eigenvalue weighted by atomic mass is 19.1. The minimum atomic E-state index is -1.26. The lowest BCUT2D eigenvalue weighted by atomic mass is 9.81. The first-order valence-electron chi connectivity index (χ1n) is 6.77. The van der Waals surface area contributed by atoms with Crippen molar-refractivity contribution in [3.05, 3.63) is 34.6 Å². The Morgan fingerprint density at radius 3 is 2.75 bits per heavy atom. The van der Waals surface area contributed by atoms with Crippen LogP contribution < -0.4 is 4.74 Å². The summed E-state index contributed by atoms with van der Waals surface area (Å²) in [5.41, 5.74) is 2.02. The fourth-order valence-corrected chi connectivity index (χ4v) is 2.79. The highest BCUT2D eigenvalue weighted by Gasteiger charge is 2.25. The predicted molar refractivity (Wildman–Crippen MR) is 75.5 cm³/mol. The summed E-state index contributed by atoms with van der Waals surface area (Å²) in [5.74, 6) is -1.17. The van der Waals surface area contributed by atoms with Crippen LogP contribution >= 0.6 is 0 Å². The number of rotatable bonds is 3. The lowest BCUT2D eigenvalue weighted by Crippen LogP contribution is -2.11. The van der Waals surface area contributed by atoms with Gasteiger partial charge in [0.15, 0.2) is 0 Å². The zero-order chi connectivity index (χ0) is 14.9. The second kappa shape index (κ2) is 5.65. The molecule has 1 unspecified atom stereocenters. The number of hydrogen-bond donors (Lipinski definition) is 1. The summed E-state index contributed by atoms with van der Waals surface area (Å²) in [6, 6.07) is 2.78. The summed E-state index contributed by atoms with van der Waals surface area (Å²) in [6.07, 6.45) is 2.82. The molecule has 1 N–H and O–H groups in total. The highest BCUT2D eigenvalue weighted by molar-refractivity contribution is 5.90. The van der Waals surface area contributed by atoms with Gasteiger partial charge in [-0.05, 0) is 49.8 Å². The maximum Gasteiger partial charge on any atom is 0.338 e. The lowest BCUT2D eigenvalue weighted by molar-refractivity contribution is 0.0691. The molecule has 0 bridgehead atoms. The van der Waals surface area contributed by atoms with Gasteiger partial charge in [0.2, 0.25) is 0 Å². The van der Waals surface area contributed by atoms with Crippen LogP contribution in [0.25, 0.3) is 5.57 Å².